The first kappa shape index (κ1) is 28.0. The van der Waals surface area contributed by atoms with Gasteiger partial charge in [-0.15, -0.1) is 11.3 Å². The lowest BCUT2D eigenvalue weighted by atomic mass is 9.66. The molecule has 3 heterocycles. The summed E-state index contributed by atoms with van der Waals surface area (Å²) in [5, 5.41) is 0. The fourth-order valence-electron chi connectivity index (χ4n) is 7.74. The Balaban J connectivity index is 1.16. The summed E-state index contributed by atoms with van der Waals surface area (Å²) in [4.78, 5) is 12.3. The van der Waals surface area contributed by atoms with Crippen molar-refractivity contribution in [2.45, 2.75) is 5.41 Å². The van der Waals surface area contributed by atoms with Gasteiger partial charge in [0.2, 0.25) is 0 Å². The Morgan fingerprint density at radius 3 is 1.71 bits per heavy atom. The number of thiophene rings is 1. The summed E-state index contributed by atoms with van der Waals surface area (Å²) in [7, 11) is 0. The summed E-state index contributed by atoms with van der Waals surface area (Å²) in [5.41, 5.74) is 11.9. The largest absolute Gasteiger partial charge is 0.456 e. The highest BCUT2D eigenvalue weighted by Crippen LogP contribution is 2.63. The van der Waals surface area contributed by atoms with Crippen molar-refractivity contribution >= 4 is 11.3 Å². The van der Waals surface area contributed by atoms with Crippen LogP contribution in [0.2, 0.25) is 0 Å². The minimum atomic E-state index is -0.491. The zero-order valence-electron chi connectivity index (χ0n) is 26.4. The van der Waals surface area contributed by atoms with Gasteiger partial charge in [-0.2, -0.15) is 0 Å². The van der Waals surface area contributed by atoms with Crippen LogP contribution >= 0.6 is 11.3 Å². The lowest BCUT2D eigenvalue weighted by molar-refractivity contribution is 0.438. The summed E-state index contributed by atoms with van der Waals surface area (Å²) >= 11 is 1.73. The van der Waals surface area contributed by atoms with Crippen LogP contribution in [0.4, 0.5) is 0 Å². The van der Waals surface area contributed by atoms with Gasteiger partial charge in [-0.1, -0.05) is 140 Å². The molecule has 0 radical (unpaired) electrons. The van der Waals surface area contributed by atoms with Crippen LogP contribution in [0.25, 0.3) is 54.8 Å². The lowest BCUT2D eigenvalue weighted by Crippen LogP contribution is -2.32. The normalized spacial score (nSPS) is 13.2. The molecule has 0 amide bonds. The molecule has 0 saturated heterocycles. The van der Waals surface area contributed by atoms with Crippen molar-refractivity contribution in [2.75, 3.05) is 0 Å². The first-order chi connectivity index (χ1) is 24.3. The lowest BCUT2D eigenvalue weighted by Gasteiger charge is -2.40. The van der Waals surface area contributed by atoms with Crippen molar-refractivity contribution in [1.82, 2.24) is 9.97 Å². The molecular weight excluding hydrogens is 617 g/mol. The van der Waals surface area contributed by atoms with E-state index in [1.807, 2.05) is 36.4 Å². The Hall–Kier alpha value is -6.10. The van der Waals surface area contributed by atoms with Gasteiger partial charge in [0, 0.05) is 32.7 Å². The van der Waals surface area contributed by atoms with Gasteiger partial charge in [-0.25, -0.2) is 9.97 Å². The molecule has 0 fully saturated rings. The second kappa shape index (κ2) is 11.0. The molecule has 2 aliphatic rings. The van der Waals surface area contributed by atoms with E-state index >= 15 is 0 Å². The molecule has 2 aromatic heterocycles. The highest BCUT2D eigenvalue weighted by Gasteiger charge is 2.51. The Kier molecular flexibility index (Phi) is 6.27. The van der Waals surface area contributed by atoms with Gasteiger partial charge < -0.3 is 4.74 Å². The minimum Gasteiger partial charge on any atom is -0.456 e. The summed E-state index contributed by atoms with van der Waals surface area (Å²) in [5.74, 6) is 2.50. The number of nitrogens with zero attached hydrogens (tertiary/aromatic N) is 2. The van der Waals surface area contributed by atoms with Crippen LogP contribution in [0, 0.1) is 0 Å². The van der Waals surface area contributed by atoms with E-state index in [0.717, 1.165) is 54.9 Å². The van der Waals surface area contributed by atoms with Crippen LogP contribution in [0.1, 0.15) is 22.3 Å². The van der Waals surface area contributed by atoms with E-state index in [4.69, 9.17) is 14.7 Å². The number of para-hydroxylation sites is 2. The van der Waals surface area contributed by atoms with Crippen LogP contribution in [0.5, 0.6) is 11.5 Å². The van der Waals surface area contributed by atoms with Gasteiger partial charge >= 0.3 is 0 Å². The van der Waals surface area contributed by atoms with Crippen molar-refractivity contribution < 1.29 is 4.74 Å². The molecule has 1 aliphatic carbocycles. The van der Waals surface area contributed by atoms with Crippen molar-refractivity contribution in [1.29, 1.82) is 0 Å². The fourth-order valence-corrected chi connectivity index (χ4v) is 8.73. The molecule has 3 nitrogen and oxygen atoms in total. The number of ether oxygens (including phenoxy) is 1. The Morgan fingerprint density at radius 2 is 0.980 bits per heavy atom. The van der Waals surface area contributed by atoms with E-state index in [1.165, 1.54) is 27.8 Å². The highest BCUT2D eigenvalue weighted by molar-refractivity contribution is 7.18. The van der Waals surface area contributed by atoms with E-state index in [-0.39, 0.29) is 0 Å². The third-order valence-corrected chi connectivity index (χ3v) is 11.0. The molecule has 1 aliphatic heterocycles. The summed E-state index contributed by atoms with van der Waals surface area (Å²) < 4.78 is 6.93. The zero-order chi connectivity index (χ0) is 32.4. The summed E-state index contributed by atoms with van der Waals surface area (Å²) in [6, 6.07) is 59.9. The van der Waals surface area contributed by atoms with Gasteiger partial charge in [0.05, 0.1) is 21.7 Å². The molecule has 230 valence electrons. The second-order valence-electron chi connectivity index (χ2n) is 12.5. The first-order valence-electron chi connectivity index (χ1n) is 16.5. The van der Waals surface area contributed by atoms with Crippen LogP contribution in [-0.2, 0) is 5.41 Å². The van der Waals surface area contributed by atoms with Crippen molar-refractivity contribution in [3.63, 3.8) is 0 Å². The molecule has 4 heteroatoms. The van der Waals surface area contributed by atoms with E-state index in [1.54, 1.807) is 11.3 Å². The van der Waals surface area contributed by atoms with Crippen LogP contribution < -0.4 is 4.74 Å². The molecule has 10 rings (SSSR count). The van der Waals surface area contributed by atoms with Gasteiger partial charge in [0.15, 0.2) is 5.82 Å². The molecule has 0 unspecified atom stereocenters. The number of aromatic nitrogens is 2. The van der Waals surface area contributed by atoms with Crippen LogP contribution in [-0.4, -0.2) is 9.97 Å². The Labute approximate surface area is 288 Å². The first-order valence-corrected chi connectivity index (χ1v) is 17.3. The van der Waals surface area contributed by atoms with Crippen molar-refractivity contribution in [2.24, 2.45) is 0 Å². The number of fused-ring (bicyclic) bond motifs is 9. The summed E-state index contributed by atoms with van der Waals surface area (Å²) in [6.07, 6.45) is 0. The predicted molar refractivity (Wildman–Crippen MR) is 199 cm³/mol. The minimum absolute atomic E-state index is 0.491. The van der Waals surface area contributed by atoms with Crippen LogP contribution in [0.3, 0.4) is 0 Å². The summed E-state index contributed by atoms with van der Waals surface area (Å²) in [6.45, 7) is 0. The second-order valence-corrected chi connectivity index (χ2v) is 13.6. The van der Waals surface area contributed by atoms with E-state index in [2.05, 4.69) is 133 Å². The maximum atomic E-state index is 6.93. The van der Waals surface area contributed by atoms with Crippen molar-refractivity contribution in [3.05, 3.63) is 192 Å². The van der Waals surface area contributed by atoms with E-state index < -0.39 is 5.41 Å². The fraction of sp³-hybridized carbons (Fsp3) is 0.0222. The maximum Gasteiger partial charge on any atom is 0.160 e. The smallest absolute Gasteiger partial charge is 0.160 e. The molecule has 0 N–H and O–H groups in total. The van der Waals surface area contributed by atoms with Gasteiger partial charge in [0.25, 0.3) is 0 Å². The molecular formula is C45H28N2OS. The average Bonchev–Trinajstić information content (AvgIpc) is 3.78. The Morgan fingerprint density at radius 1 is 0.429 bits per heavy atom. The third kappa shape index (κ3) is 4.21. The number of hydrogen-bond donors (Lipinski definition) is 0. The molecule has 1 spiro atoms. The monoisotopic (exact) mass is 644 g/mol. The number of benzene rings is 6. The topological polar surface area (TPSA) is 35.0 Å². The quantitative estimate of drug-likeness (QED) is 0.191. The predicted octanol–water partition coefficient (Wildman–Crippen LogP) is 11.7. The SMILES string of the molecule is c1ccc(-c2cc(-c3ccc(-c4cccc5c4Oc4ccccc4C54c5ccccc5-c5ccccc54)s3)nc(-c3ccccc3)n2)cc1. The van der Waals surface area contributed by atoms with E-state index in [9.17, 15) is 0 Å². The standard InChI is InChI=1S/C45H28N2OS/c1-3-14-29(15-4-1)38-28-39(47-44(46-38)30-16-5-2-6-17-30)42-27-26-41(49-42)33-20-13-24-37-43(33)48-40-25-12-11-23-36(40)45(37)34-21-9-7-18-31(34)32-19-8-10-22-35(32)45/h1-28H. The Bertz CT molecular complexity index is 2430. The third-order valence-electron chi connectivity index (χ3n) is 9.83. The molecule has 0 bridgehead atoms. The molecule has 0 atom stereocenters. The van der Waals surface area contributed by atoms with Gasteiger partial charge in [-0.3, -0.25) is 0 Å². The average molecular weight is 645 g/mol. The van der Waals surface area contributed by atoms with Gasteiger partial charge in [0.1, 0.15) is 11.5 Å². The maximum absolute atomic E-state index is 6.93. The van der Waals surface area contributed by atoms with Crippen molar-refractivity contribution in [3.8, 4) is 66.3 Å². The molecule has 8 aromatic rings. The zero-order valence-corrected chi connectivity index (χ0v) is 27.2. The molecule has 6 aromatic carbocycles. The van der Waals surface area contributed by atoms with Crippen LogP contribution in [0.15, 0.2) is 170 Å². The highest BCUT2D eigenvalue weighted by atomic mass is 32.1. The van der Waals surface area contributed by atoms with Gasteiger partial charge in [-0.05, 0) is 52.6 Å². The van der Waals surface area contributed by atoms with E-state index in [0.29, 0.717) is 5.82 Å². The molecule has 0 saturated carbocycles. The number of hydrogen-bond acceptors (Lipinski definition) is 4. The molecule has 49 heavy (non-hydrogen) atoms. The number of rotatable bonds is 4.